The number of aliphatic carboxylic acids is 1. The molecular weight excluding hydrogens is 284 g/mol. The summed E-state index contributed by atoms with van der Waals surface area (Å²) in [6.07, 6.45) is 2.94. The van der Waals surface area contributed by atoms with Gasteiger partial charge in [0.2, 0.25) is 5.91 Å². The Hall–Kier alpha value is -1.66. The van der Waals surface area contributed by atoms with Crippen LogP contribution in [-0.2, 0) is 9.59 Å². The van der Waals surface area contributed by atoms with Gasteiger partial charge in [-0.05, 0) is 50.3 Å². The SMILES string of the molecule is CC(=CC1CCNC1)C1=C(C(=O)O)N2C(=O)[C@H]([C@@H](C)O)[C@H]2C1. The molecule has 2 fully saturated rings. The maximum atomic E-state index is 12.2. The number of β-lactam (4-membered cyclic amide) rings is 1. The highest BCUT2D eigenvalue weighted by Gasteiger charge is 2.56. The van der Waals surface area contributed by atoms with E-state index in [4.69, 9.17) is 0 Å². The summed E-state index contributed by atoms with van der Waals surface area (Å²) in [6.45, 7) is 5.40. The molecule has 0 aromatic heterocycles. The average Bonchev–Trinajstić information content (AvgIpc) is 3.03. The first-order valence-electron chi connectivity index (χ1n) is 7.79. The number of aliphatic hydroxyl groups is 1. The molecule has 3 aliphatic heterocycles. The monoisotopic (exact) mass is 306 g/mol. The van der Waals surface area contributed by atoms with Gasteiger partial charge in [0.05, 0.1) is 18.1 Å². The van der Waals surface area contributed by atoms with Gasteiger partial charge in [-0.25, -0.2) is 4.79 Å². The first-order chi connectivity index (χ1) is 10.4. The molecule has 2 saturated heterocycles. The normalized spacial score (nSPS) is 33.0. The molecule has 0 aromatic carbocycles. The van der Waals surface area contributed by atoms with E-state index in [0.717, 1.165) is 30.7 Å². The number of carbonyl (C=O) groups excluding carboxylic acids is 1. The number of hydrogen-bond acceptors (Lipinski definition) is 4. The Morgan fingerprint density at radius 2 is 2.23 bits per heavy atom. The Kier molecular flexibility index (Phi) is 3.82. The number of allylic oxidation sites excluding steroid dienone is 1. The maximum absolute atomic E-state index is 12.2. The number of hydrogen-bond donors (Lipinski definition) is 3. The Labute approximate surface area is 129 Å². The summed E-state index contributed by atoms with van der Waals surface area (Å²) < 4.78 is 0. The van der Waals surface area contributed by atoms with E-state index in [1.807, 2.05) is 6.92 Å². The van der Waals surface area contributed by atoms with Gasteiger partial charge >= 0.3 is 5.97 Å². The van der Waals surface area contributed by atoms with Gasteiger partial charge in [-0.1, -0.05) is 6.08 Å². The van der Waals surface area contributed by atoms with Crippen molar-refractivity contribution < 1.29 is 19.8 Å². The fraction of sp³-hybridized carbons (Fsp3) is 0.625. The summed E-state index contributed by atoms with van der Waals surface area (Å²) in [4.78, 5) is 25.1. The number of fused-ring (bicyclic) bond motifs is 1. The molecule has 22 heavy (non-hydrogen) atoms. The lowest BCUT2D eigenvalue weighted by molar-refractivity contribution is -0.161. The van der Waals surface area contributed by atoms with Crippen molar-refractivity contribution in [1.29, 1.82) is 0 Å². The van der Waals surface area contributed by atoms with E-state index in [-0.39, 0.29) is 17.6 Å². The molecule has 3 aliphatic rings. The maximum Gasteiger partial charge on any atom is 0.352 e. The van der Waals surface area contributed by atoms with Crippen molar-refractivity contribution >= 4 is 11.9 Å². The van der Waals surface area contributed by atoms with Crippen LogP contribution in [-0.4, -0.2) is 52.2 Å². The van der Waals surface area contributed by atoms with Crippen molar-refractivity contribution in [2.24, 2.45) is 11.8 Å². The number of carboxylic acid groups (broad SMARTS) is 1. The number of amides is 1. The van der Waals surface area contributed by atoms with Crippen molar-refractivity contribution in [2.75, 3.05) is 13.1 Å². The number of carbonyl (C=O) groups is 2. The smallest absolute Gasteiger partial charge is 0.352 e. The van der Waals surface area contributed by atoms with Gasteiger partial charge in [0.15, 0.2) is 0 Å². The topological polar surface area (TPSA) is 89.9 Å². The molecule has 0 aliphatic carbocycles. The minimum absolute atomic E-state index is 0.103. The van der Waals surface area contributed by atoms with Gasteiger partial charge < -0.3 is 20.4 Å². The lowest BCUT2D eigenvalue weighted by atomic mass is 9.82. The molecule has 1 unspecified atom stereocenters. The van der Waals surface area contributed by atoms with E-state index in [0.29, 0.717) is 12.3 Å². The summed E-state index contributed by atoms with van der Waals surface area (Å²) in [7, 11) is 0. The third-order valence-electron chi connectivity index (χ3n) is 4.99. The Morgan fingerprint density at radius 3 is 2.77 bits per heavy atom. The molecule has 3 N–H and O–H groups in total. The van der Waals surface area contributed by atoms with Crippen LogP contribution in [0.2, 0.25) is 0 Å². The fourth-order valence-corrected chi connectivity index (χ4v) is 3.89. The number of nitrogens with one attached hydrogen (secondary N) is 1. The summed E-state index contributed by atoms with van der Waals surface area (Å²) in [5.41, 5.74) is 1.78. The highest BCUT2D eigenvalue weighted by Crippen LogP contribution is 2.45. The molecule has 0 saturated carbocycles. The van der Waals surface area contributed by atoms with Gasteiger partial charge in [-0.15, -0.1) is 0 Å². The zero-order valence-corrected chi connectivity index (χ0v) is 12.9. The number of nitrogens with zero attached hydrogens (tertiary/aromatic N) is 1. The Bertz CT molecular complexity index is 573. The highest BCUT2D eigenvalue weighted by atomic mass is 16.4. The van der Waals surface area contributed by atoms with Crippen LogP contribution in [0.5, 0.6) is 0 Å². The van der Waals surface area contributed by atoms with Crippen molar-refractivity contribution in [3.05, 3.63) is 22.9 Å². The first kappa shape index (κ1) is 15.2. The lowest BCUT2D eigenvalue weighted by Gasteiger charge is -2.44. The highest BCUT2D eigenvalue weighted by molar-refractivity contribution is 6.00. The van der Waals surface area contributed by atoms with Gasteiger partial charge in [-0.2, -0.15) is 0 Å². The zero-order chi connectivity index (χ0) is 16.0. The van der Waals surface area contributed by atoms with E-state index in [9.17, 15) is 19.8 Å². The second-order valence-electron chi connectivity index (χ2n) is 6.48. The number of carboxylic acids is 1. The van der Waals surface area contributed by atoms with Gasteiger partial charge in [0, 0.05) is 6.54 Å². The predicted octanol–water partition coefficient (Wildman–Crippen LogP) is 0.492. The summed E-state index contributed by atoms with van der Waals surface area (Å²) >= 11 is 0. The van der Waals surface area contributed by atoms with E-state index >= 15 is 0 Å². The Balaban J connectivity index is 1.89. The molecule has 0 spiro atoms. The molecule has 0 aromatic rings. The predicted molar refractivity (Wildman–Crippen MR) is 79.8 cm³/mol. The third kappa shape index (κ3) is 2.27. The van der Waals surface area contributed by atoms with Crippen molar-refractivity contribution in [3.8, 4) is 0 Å². The minimum atomic E-state index is -1.06. The third-order valence-corrected chi connectivity index (χ3v) is 4.99. The zero-order valence-electron chi connectivity index (χ0n) is 12.9. The number of rotatable bonds is 4. The van der Waals surface area contributed by atoms with Gasteiger partial charge in [0.1, 0.15) is 5.70 Å². The molecule has 120 valence electrons. The van der Waals surface area contributed by atoms with Crippen molar-refractivity contribution in [3.63, 3.8) is 0 Å². The van der Waals surface area contributed by atoms with E-state index in [2.05, 4.69) is 11.4 Å². The van der Waals surface area contributed by atoms with Crippen LogP contribution < -0.4 is 5.32 Å². The van der Waals surface area contributed by atoms with E-state index < -0.39 is 18.0 Å². The largest absolute Gasteiger partial charge is 0.477 e. The second kappa shape index (κ2) is 5.52. The average molecular weight is 306 g/mol. The molecule has 4 atom stereocenters. The molecule has 6 nitrogen and oxygen atoms in total. The minimum Gasteiger partial charge on any atom is -0.477 e. The first-order valence-corrected chi connectivity index (χ1v) is 7.79. The fourth-order valence-electron chi connectivity index (χ4n) is 3.89. The molecule has 3 rings (SSSR count). The van der Waals surface area contributed by atoms with E-state index in [1.165, 1.54) is 4.90 Å². The standard InChI is InChI=1S/C16H22N2O4/c1-8(5-10-3-4-17-7-10)11-6-12-13(9(2)19)15(20)18(12)14(11)16(21)22/h5,9-10,12-13,17,19H,3-4,6-7H2,1-2H3,(H,21,22)/t9-,10?,12-,13-/m1/s1. The number of aliphatic hydroxyl groups excluding tert-OH is 1. The summed E-state index contributed by atoms with van der Waals surface area (Å²) in [6, 6.07) is -0.210. The summed E-state index contributed by atoms with van der Waals surface area (Å²) in [5.74, 6) is -1.40. The molecule has 6 heteroatoms. The van der Waals surface area contributed by atoms with Crippen LogP contribution in [0.15, 0.2) is 22.9 Å². The Morgan fingerprint density at radius 1 is 1.50 bits per heavy atom. The van der Waals surface area contributed by atoms with E-state index in [1.54, 1.807) is 6.92 Å². The van der Waals surface area contributed by atoms with Crippen LogP contribution in [0.25, 0.3) is 0 Å². The van der Waals surface area contributed by atoms with Crippen LogP contribution in [0.3, 0.4) is 0 Å². The lowest BCUT2D eigenvalue weighted by Crippen LogP contribution is -2.61. The van der Waals surface area contributed by atoms with Crippen LogP contribution in [0.4, 0.5) is 0 Å². The van der Waals surface area contributed by atoms with Gasteiger partial charge in [-0.3, -0.25) is 4.79 Å². The molecule has 0 bridgehead atoms. The molecule has 0 radical (unpaired) electrons. The quantitative estimate of drug-likeness (QED) is 0.658. The van der Waals surface area contributed by atoms with Crippen LogP contribution >= 0.6 is 0 Å². The van der Waals surface area contributed by atoms with Crippen molar-refractivity contribution in [2.45, 2.75) is 38.8 Å². The molecule has 3 heterocycles. The summed E-state index contributed by atoms with van der Waals surface area (Å²) in [5, 5.41) is 22.5. The van der Waals surface area contributed by atoms with Gasteiger partial charge in [0.25, 0.3) is 0 Å². The van der Waals surface area contributed by atoms with Crippen LogP contribution in [0.1, 0.15) is 26.7 Å². The second-order valence-corrected chi connectivity index (χ2v) is 6.48. The molecule has 1 amide bonds. The molecular formula is C16H22N2O4. The van der Waals surface area contributed by atoms with Crippen LogP contribution in [0, 0.1) is 11.8 Å². The van der Waals surface area contributed by atoms with Crippen molar-refractivity contribution in [1.82, 2.24) is 10.2 Å².